The van der Waals surface area contributed by atoms with E-state index in [0.717, 1.165) is 31.5 Å². The molecular weight excluding hydrogens is 312 g/mol. The number of nitrogens with one attached hydrogen (secondary N) is 1. The highest BCUT2D eigenvalue weighted by Crippen LogP contribution is 2.46. The van der Waals surface area contributed by atoms with Crippen molar-refractivity contribution in [2.45, 2.75) is 50.8 Å². The number of hydrogen-bond acceptors (Lipinski definition) is 3. The first kappa shape index (κ1) is 16.7. The summed E-state index contributed by atoms with van der Waals surface area (Å²) in [6.45, 7) is 6.84. The van der Waals surface area contributed by atoms with Gasteiger partial charge in [0.05, 0.1) is 24.7 Å². The molecule has 23 heavy (non-hydrogen) atoms. The number of hydrogen-bond donors (Lipinski definition) is 1. The van der Waals surface area contributed by atoms with E-state index in [1.165, 1.54) is 0 Å². The van der Waals surface area contributed by atoms with Gasteiger partial charge >= 0.3 is 0 Å². The fourth-order valence-electron chi connectivity index (χ4n) is 3.26. The lowest BCUT2D eigenvalue weighted by molar-refractivity contribution is -0.127. The van der Waals surface area contributed by atoms with Crippen molar-refractivity contribution >= 4 is 17.5 Å². The molecule has 0 aromatic heterocycles. The Morgan fingerprint density at radius 3 is 2.91 bits per heavy atom. The molecule has 1 N–H and O–H groups in total. The summed E-state index contributed by atoms with van der Waals surface area (Å²) in [4.78, 5) is 14.8. The van der Waals surface area contributed by atoms with E-state index in [2.05, 4.69) is 24.1 Å². The summed E-state index contributed by atoms with van der Waals surface area (Å²) in [6.07, 6.45) is 2.36. The van der Waals surface area contributed by atoms with Crippen LogP contribution in [0, 0.1) is 0 Å². The normalized spacial score (nSPS) is 23.7. The zero-order valence-electron chi connectivity index (χ0n) is 13.8. The first-order chi connectivity index (χ1) is 11.0. The molecular formula is C18H25ClN2O2. The number of amides is 1. The van der Waals surface area contributed by atoms with Crippen molar-refractivity contribution < 1.29 is 9.53 Å². The average Bonchev–Trinajstić information content (AvgIpc) is 3.28. The summed E-state index contributed by atoms with van der Waals surface area (Å²) in [5.41, 5.74) is 0.890. The van der Waals surface area contributed by atoms with Crippen LogP contribution < -0.4 is 5.32 Å². The maximum Gasteiger partial charge on any atom is 0.223 e. The first-order valence-electron chi connectivity index (χ1n) is 8.41. The standard InChI is InChI=1S/C18H25ClN2O2/c1-13(2)21-8-9-23-16(12-21)11-17(22)20-18(6-7-18)14-4-3-5-15(19)10-14/h3-5,10,13,16H,6-9,11-12H2,1-2H3,(H,20,22). The van der Waals surface area contributed by atoms with E-state index >= 15 is 0 Å². The Labute approximate surface area is 143 Å². The minimum atomic E-state index is -0.214. The number of benzene rings is 1. The zero-order chi connectivity index (χ0) is 16.4. The van der Waals surface area contributed by atoms with Crippen LogP contribution in [0.1, 0.15) is 38.7 Å². The second kappa shape index (κ2) is 6.80. The van der Waals surface area contributed by atoms with Gasteiger partial charge in [0.15, 0.2) is 0 Å². The van der Waals surface area contributed by atoms with Crippen LogP contribution in [0.3, 0.4) is 0 Å². The molecule has 2 aliphatic rings. The van der Waals surface area contributed by atoms with Gasteiger partial charge in [-0.2, -0.15) is 0 Å². The second-order valence-corrected chi connectivity index (χ2v) is 7.36. The first-order valence-corrected chi connectivity index (χ1v) is 8.79. The lowest BCUT2D eigenvalue weighted by Crippen LogP contribution is -2.47. The average molecular weight is 337 g/mol. The summed E-state index contributed by atoms with van der Waals surface area (Å²) in [6, 6.07) is 8.28. The number of rotatable bonds is 5. The van der Waals surface area contributed by atoms with Crippen molar-refractivity contribution in [1.82, 2.24) is 10.2 Å². The van der Waals surface area contributed by atoms with Gasteiger partial charge in [-0.25, -0.2) is 0 Å². The molecule has 1 aliphatic heterocycles. The molecule has 1 amide bonds. The molecule has 2 fully saturated rings. The number of morpholine rings is 1. The summed E-state index contributed by atoms with van der Waals surface area (Å²) in [7, 11) is 0. The van der Waals surface area contributed by atoms with Gasteiger partial charge in [-0.05, 0) is 44.4 Å². The van der Waals surface area contributed by atoms with E-state index in [-0.39, 0.29) is 17.6 Å². The van der Waals surface area contributed by atoms with Gasteiger partial charge in [0.25, 0.3) is 0 Å². The van der Waals surface area contributed by atoms with Crippen LogP contribution in [-0.4, -0.2) is 42.6 Å². The van der Waals surface area contributed by atoms with Crippen LogP contribution in [-0.2, 0) is 15.1 Å². The summed E-state index contributed by atoms with van der Waals surface area (Å²) >= 11 is 6.08. The molecule has 1 unspecified atom stereocenters. The van der Waals surface area contributed by atoms with Gasteiger partial charge in [0, 0.05) is 24.2 Å². The molecule has 1 aromatic carbocycles. The van der Waals surface area contributed by atoms with Gasteiger partial charge in [-0.15, -0.1) is 0 Å². The number of ether oxygens (including phenoxy) is 1. The predicted octanol–water partition coefficient (Wildman–Crippen LogP) is 2.94. The van der Waals surface area contributed by atoms with Gasteiger partial charge in [0.1, 0.15) is 0 Å². The van der Waals surface area contributed by atoms with Crippen molar-refractivity contribution in [3.05, 3.63) is 34.9 Å². The van der Waals surface area contributed by atoms with Gasteiger partial charge in [0.2, 0.25) is 5.91 Å². The highest BCUT2D eigenvalue weighted by atomic mass is 35.5. The van der Waals surface area contributed by atoms with Crippen LogP contribution in [0.2, 0.25) is 5.02 Å². The molecule has 5 heteroatoms. The van der Waals surface area contributed by atoms with E-state index in [0.29, 0.717) is 24.1 Å². The number of carbonyl (C=O) groups excluding carboxylic acids is 1. The fraction of sp³-hybridized carbons (Fsp3) is 0.611. The Morgan fingerprint density at radius 1 is 1.48 bits per heavy atom. The summed E-state index contributed by atoms with van der Waals surface area (Å²) < 4.78 is 5.77. The van der Waals surface area contributed by atoms with E-state index in [1.807, 2.05) is 24.3 Å². The minimum Gasteiger partial charge on any atom is -0.375 e. The highest BCUT2D eigenvalue weighted by Gasteiger charge is 2.45. The quantitative estimate of drug-likeness (QED) is 0.899. The van der Waals surface area contributed by atoms with Crippen molar-refractivity contribution in [1.29, 1.82) is 0 Å². The third kappa shape index (κ3) is 4.06. The van der Waals surface area contributed by atoms with Crippen LogP contribution in [0.15, 0.2) is 24.3 Å². The van der Waals surface area contributed by atoms with E-state index in [4.69, 9.17) is 16.3 Å². The van der Waals surface area contributed by atoms with Crippen molar-refractivity contribution in [3.8, 4) is 0 Å². The Bertz CT molecular complexity index is 572. The Kier molecular flexibility index (Phi) is 4.95. The summed E-state index contributed by atoms with van der Waals surface area (Å²) in [5.74, 6) is 0.0677. The molecule has 126 valence electrons. The number of carbonyl (C=O) groups is 1. The molecule has 0 radical (unpaired) electrons. The van der Waals surface area contributed by atoms with E-state index in [9.17, 15) is 4.79 Å². The van der Waals surface area contributed by atoms with E-state index < -0.39 is 0 Å². The van der Waals surface area contributed by atoms with Crippen molar-refractivity contribution in [2.24, 2.45) is 0 Å². The summed E-state index contributed by atoms with van der Waals surface area (Å²) in [5, 5.41) is 3.92. The predicted molar refractivity (Wildman–Crippen MR) is 91.6 cm³/mol. The van der Waals surface area contributed by atoms with Crippen LogP contribution in [0.25, 0.3) is 0 Å². The lowest BCUT2D eigenvalue weighted by Gasteiger charge is -2.35. The Hall–Kier alpha value is -1.10. The third-order valence-corrected chi connectivity index (χ3v) is 5.05. The maximum atomic E-state index is 12.5. The third-order valence-electron chi connectivity index (χ3n) is 4.82. The van der Waals surface area contributed by atoms with Gasteiger partial charge in [-0.1, -0.05) is 23.7 Å². The molecule has 1 aliphatic carbocycles. The lowest BCUT2D eigenvalue weighted by atomic mass is 10.0. The molecule has 1 aromatic rings. The largest absolute Gasteiger partial charge is 0.375 e. The molecule has 1 saturated heterocycles. The highest BCUT2D eigenvalue weighted by molar-refractivity contribution is 6.30. The van der Waals surface area contributed by atoms with Crippen molar-refractivity contribution in [2.75, 3.05) is 19.7 Å². The molecule has 1 saturated carbocycles. The van der Waals surface area contributed by atoms with Crippen LogP contribution in [0.5, 0.6) is 0 Å². The topological polar surface area (TPSA) is 41.6 Å². The van der Waals surface area contributed by atoms with E-state index in [1.54, 1.807) is 0 Å². The number of halogens is 1. The zero-order valence-corrected chi connectivity index (χ0v) is 14.6. The fourth-order valence-corrected chi connectivity index (χ4v) is 3.45. The second-order valence-electron chi connectivity index (χ2n) is 6.93. The molecule has 1 heterocycles. The van der Waals surface area contributed by atoms with Crippen molar-refractivity contribution in [3.63, 3.8) is 0 Å². The molecule has 3 rings (SSSR count). The molecule has 4 nitrogen and oxygen atoms in total. The number of nitrogens with zero attached hydrogens (tertiary/aromatic N) is 1. The smallest absolute Gasteiger partial charge is 0.223 e. The van der Waals surface area contributed by atoms with Gasteiger partial charge in [-0.3, -0.25) is 9.69 Å². The Balaban J connectivity index is 1.57. The SMILES string of the molecule is CC(C)N1CCOC(CC(=O)NC2(c3cccc(Cl)c3)CC2)C1. The van der Waals surface area contributed by atoms with Crippen LogP contribution in [0.4, 0.5) is 0 Å². The van der Waals surface area contributed by atoms with Crippen LogP contribution >= 0.6 is 11.6 Å². The maximum absolute atomic E-state index is 12.5. The molecule has 1 atom stereocenters. The minimum absolute atomic E-state index is 0.0127. The Morgan fingerprint density at radius 2 is 2.26 bits per heavy atom. The monoisotopic (exact) mass is 336 g/mol. The molecule has 0 spiro atoms. The molecule has 0 bridgehead atoms. The van der Waals surface area contributed by atoms with Gasteiger partial charge < -0.3 is 10.1 Å².